The van der Waals surface area contributed by atoms with E-state index in [0.29, 0.717) is 0 Å². The van der Waals surface area contributed by atoms with Gasteiger partial charge in [0.05, 0.1) is 13.2 Å². The maximum atomic E-state index is 5.75. The zero-order valence-corrected chi connectivity index (χ0v) is 11.7. The average molecular weight is 256 g/mol. The van der Waals surface area contributed by atoms with Gasteiger partial charge in [-0.05, 0) is 58.3 Å². The lowest BCUT2D eigenvalue weighted by Gasteiger charge is -2.35. The lowest BCUT2D eigenvalue weighted by molar-refractivity contribution is -0.182. The van der Waals surface area contributed by atoms with Gasteiger partial charge in [0.15, 0.2) is 5.79 Å². The summed E-state index contributed by atoms with van der Waals surface area (Å²) in [4.78, 5) is 0. The normalized spacial score (nSPS) is 23.8. The molecule has 2 fully saturated rings. The van der Waals surface area contributed by atoms with Gasteiger partial charge in [0.2, 0.25) is 0 Å². The van der Waals surface area contributed by atoms with Crippen LogP contribution < -0.4 is 10.6 Å². The number of hydrogen-bond donors (Lipinski definition) is 2. The molecule has 1 saturated heterocycles. The second kappa shape index (κ2) is 7.43. The summed E-state index contributed by atoms with van der Waals surface area (Å²) in [5, 5.41) is 6.69. The Hall–Kier alpha value is -0.160. The van der Waals surface area contributed by atoms with Crippen molar-refractivity contribution in [3.05, 3.63) is 0 Å². The van der Waals surface area contributed by atoms with Crippen molar-refractivity contribution in [1.29, 1.82) is 0 Å². The third kappa shape index (κ3) is 4.19. The van der Waals surface area contributed by atoms with Crippen molar-refractivity contribution >= 4 is 0 Å². The molecule has 18 heavy (non-hydrogen) atoms. The van der Waals surface area contributed by atoms with Crippen LogP contribution in [-0.2, 0) is 9.47 Å². The Balaban J connectivity index is 1.51. The Labute approximate surface area is 111 Å². The van der Waals surface area contributed by atoms with E-state index < -0.39 is 0 Å². The fourth-order valence-corrected chi connectivity index (χ4v) is 3.01. The van der Waals surface area contributed by atoms with Gasteiger partial charge in [-0.15, -0.1) is 0 Å². The number of ether oxygens (including phenoxy) is 2. The van der Waals surface area contributed by atoms with Crippen LogP contribution in [0.2, 0.25) is 0 Å². The minimum Gasteiger partial charge on any atom is -0.348 e. The van der Waals surface area contributed by atoms with Crippen LogP contribution in [0.15, 0.2) is 0 Å². The lowest BCUT2D eigenvalue weighted by Crippen LogP contribution is -2.35. The molecular weight excluding hydrogens is 228 g/mol. The zero-order valence-electron chi connectivity index (χ0n) is 11.7. The Bertz CT molecular complexity index is 220. The van der Waals surface area contributed by atoms with Gasteiger partial charge < -0.3 is 20.1 Å². The van der Waals surface area contributed by atoms with E-state index in [-0.39, 0.29) is 5.79 Å². The Kier molecular flexibility index (Phi) is 5.89. The van der Waals surface area contributed by atoms with Gasteiger partial charge in [0.25, 0.3) is 0 Å². The fourth-order valence-electron chi connectivity index (χ4n) is 3.01. The standard InChI is InChI=1S/C14H28N2O2/c1-15-8-2-9-16-10-5-13-3-6-14(7-4-13)17-11-12-18-14/h13,15-16H,2-12H2,1H3. The maximum absolute atomic E-state index is 5.75. The van der Waals surface area contributed by atoms with Crippen molar-refractivity contribution in [2.75, 3.05) is 39.9 Å². The van der Waals surface area contributed by atoms with E-state index >= 15 is 0 Å². The van der Waals surface area contributed by atoms with Crippen LogP contribution in [0.3, 0.4) is 0 Å². The summed E-state index contributed by atoms with van der Waals surface area (Å²) in [5.74, 6) is 0.678. The summed E-state index contributed by atoms with van der Waals surface area (Å²) in [5.41, 5.74) is 0. The van der Waals surface area contributed by atoms with Crippen molar-refractivity contribution in [1.82, 2.24) is 10.6 Å². The Morgan fingerprint density at radius 1 is 1.06 bits per heavy atom. The molecule has 0 amide bonds. The van der Waals surface area contributed by atoms with Crippen LogP contribution in [-0.4, -0.2) is 45.7 Å². The summed E-state index contributed by atoms with van der Waals surface area (Å²) in [6.45, 7) is 4.97. The third-order valence-corrected chi connectivity index (χ3v) is 4.19. The van der Waals surface area contributed by atoms with E-state index in [4.69, 9.17) is 9.47 Å². The van der Waals surface area contributed by atoms with E-state index in [1.807, 2.05) is 7.05 Å². The molecule has 1 saturated carbocycles. The summed E-state index contributed by atoms with van der Waals surface area (Å²) >= 11 is 0. The first kappa shape index (κ1) is 14.3. The molecular formula is C14H28N2O2. The second-order valence-electron chi connectivity index (χ2n) is 5.55. The number of hydrogen-bond acceptors (Lipinski definition) is 4. The highest BCUT2D eigenvalue weighted by molar-refractivity contribution is 4.82. The minimum atomic E-state index is -0.184. The van der Waals surface area contributed by atoms with Crippen molar-refractivity contribution in [2.45, 2.75) is 44.3 Å². The van der Waals surface area contributed by atoms with Gasteiger partial charge in [0, 0.05) is 12.8 Å². The van der Waals surface area contributed by atoms with E-state index in [2.05, 4.69) is 10.6 Å². The molecule has 1 aliphatic heterocycles. The first-order valence-corrected chi connectivity index (χ1v) is 7.48. The second-order valence-corrected chi connectivity index (χ2v) is 5.55. The van der Waals surface area contributed by atoms with E-state index in [1.54, 1.807) is 0 Å². The molecule has 1 aliphatic carbocycles. The van der Waals surface area contributed by atoms with Crippen LogP contribution in [0.5, 0.6) is 0 Å². The van der Waals surface area contributed by atoms with Crippen molar-refractivity contribution < 1.29 is 9.47 Å². The molecule has 0 atom stereocenters. The zero-order chi connectivity index (χ0) is 12.7. The van der Waals surface area contributed by atoms with E-state index in [1.165, 1.54) is 25.7 Å². The number of nitrogens with one attached hydrogen (secondary N) is 2. The summed E-state index contributed by atoms with van der Waals surface area (Å²) in [7, 11) is 2.00. The fraction of sp³-hybridized carbons (Fsp3) is 1.00. The lowest BCUT2D eigenvalue weighted by atomic mass is 9.83. The van der Waals surface area contributed by atoms with Crippen molar-refractivity contribution in [2.24, 2.45) is 5.92 Å². The molecule has 0 aromatic rings. The summed E-state index contributed by atoms with van der Waals surface area (Å²) < 4.78 is 11.5. The minimum absolute atomic E-state index is 0.184. The third-order valence-electron chi connectivity index (χ3n) is 4.19. The first-order valence-electron chi connectivity index (χ1n) is 7.48. The molecule has 2 aliphatic rings. The molecule has 1 spiro atoms. The van der Waals surface area contributed by atoms with E-state index in [9.17, 15) is 0 Å². The average Bonchev–Trinajstić information content (AvgIpc) is 2.85. The predicted octanol–water partition coefficient (Wildman–Crippen LogP) is 1.51. The van der Waals surface area contributed by atoms with Gasteiger partial charge in [-0.3, -0.25) is 0 Å². The van der Waals surface area contributed by atoms with Gasteiger partial charge >= 0.3 is 0 Å². The molecule has 0 radical (unpaired) electrons. The SMILES string of the molecule is CNCCCNCCC1CCC2(CC1)OCCO2. The molecule has 0 unspecified atom stereocenters. The highest BCUT2D eigenvalue weighted by Crippen LogP contribution is 2.39. The van der Waals surface area contributed by atoms with Crippen LogP contribution in [0, 0.1) is 5.92 Å². The van der Waals surface area contributed by atoms with E-state index in [0.717, 1.165) is 51.6 Å². The monoisotopic (exact) mass is 256 g/mol. The van der Waals surface area contributed by atoms with Crippen LogP contribution >= 0.6 is 0 Å². The Morgan fingerprint density at radius 3 is 2.44 bits per heavy atom. The molecule has 4 heteroatoms. The molecule has 0 aromatic carbocycles. The number of rotatable bonds is 7. The van der Waals surface area contributed by atoms with Gasteiger partial charge in [-0.2, -0.15) is 0 Å². The molecule has 2 rings (SSSR count). The maximum Gasteiger partial charge on any atom is 0.168 e. The molecule has 106 valence electrons. The molecule has 2 N–H and O–H groups in total. The predicted molar refractivity (Wildman–Crippen MR) is 72.6 cm³/mol. The Morgan fingerprint density at radius 2 is 1.78 bits per heavy atom. The molecule has 0 aromatic heterocycles. The molecule has 4 nitrogen and oxygen atoms in total. The summed E-state index contributed by atoms with van der Waals surface area (Å²) in [6, 6.07) is 0. The molecule has 1 heterocycles. The first-order chi connectivity index (χ1) is 8.85. The van der Waals surface area contributed by atoms with Crippen LogP contribution in [0.25, 0.3) is 0 Å². The quantitative estimate of drug-likeness (QED) is 0.678. The highest BCUT2D eigenvalue weighted by Gasteiger charge is 2.39. The smallest absolute Gasteiger partial charge is 0.168 e. The van der Waals surface area contributed by atoms with Crippen molar-refractivity contribution in [3.63, 3.8) is 0 Å². The van der Waals surface area contributed by atoms with Crippen molar-refractivity contribution in [3.8, 4) is 0 Å². The topological polar surface area (TPSA) is 42.5 Å². The van der Waals surface area contributed by atoms with Gasteiger partial charge in [0.1, 0.15) is 0 Å². The molecule has 0 bridgehead atoms. The summed E-state index contributed by atoms with van der Waals surface area (Å²) in [6.07, 6.45) is 7.23. The van der Waals surface area contributed by atoms with Gasteiger partial charge in [-0.1, -0.05) is 0 Å². The van der Waals surface area contributed by atoms with Crippen LogP contribution in [0.1, 0.15) is 38.5 Å². The van der Waals surface area contributed by atoms with Crippen LogP contribution in [0.4, 0.5) is 0 Å². The highest BCUT2D eigenvalue weighted by atomic mass is 16.7. The largest absolute Gasteiger partial charge is 0.348 e. The van der Waals surface area contributed by atoms with Gasteiger partial charge in [-0.25, -0.2) is 0 Å².